The first-order chi connectivity index (χ1) is 17.9. The second kappa shape index (κ2) is 12.5. The van der Waals surface area contributed by atoms with Crippen molar-refractivity contribution in [1.82, 2.24) is 4.90 Å². The molecule has 0 N–H and O–H groups in total. The summed E-state index contributed by atoms with van der Waals surface area (Å²) in [5.74, 6) is 1.29. The molecule has 1 fully saturated rings. The number of rotatable bonds is 9. The quantitative estimate of drug-likeness (QED) is 0.240. The summed E-state index contributed by atoms with van der Waals surface area (Å²) in [5.41, 5.74) is 3.94. The van der Waals surface area contributed by atoms with Crippen molar-refractivity contribution in [3.05, 3.63) is 92.8 Å². The maximum Gasteiger partial charge on any atom is 0.266 e. The van der Waals surface area contributed by atoms with Gasteiger partial charge in [0.25, 0.3) is 5.91 Å². The van der Waals surface area contributed by atoms with Gasteiger partial charge in [-0.15, -0.1) is 0 Å². The Balaban J connectivity index is 1.59. The Labute approximate surface area is 231 Å². The Morgan fingerprint density at radius 1 is 1.00 bits per heavy atom. The van der Waals surface area contributed by atoms with Crippen molar-refractivity contribution >= 4 is 50.5 Å². The summed E-state index contributed by atoms with van der Waals surface area (Å²) in [7, 11) is 0. The van der Waals surface area contributed by atoms with Crippen LogP contribution in [0.1, 0.15) is 43.9 Å². The van der Waals surface area contributed by atoms with Crippen LogP contribution in [0.25, 0.3) is 6.08 Å². The van der Waals surface area contributed by atoms with E-state index in [1.165, 1.54) is 17.3 Å². The van der Waals surface area contributed by atoms with Gasteiger partial charge in [-0.05, 0) is 92.6 Å². The maximum absolute atomic E-state index is 13.4. The minimum atomic E-state index is -0.0289. The lowest BCUT2D eigenvalue weighted by atomic mass is 10.1. The van der Waals surface area contributed by atoms with Crippen LogP contribution in [0.15, 0.2) is 81.1 Å². The molecule has 0 unspecified atom stereocenters. The lowest BCUT2D eigenvalue weighted by molar-refractivity contribution is -0.123. The minimum absolute atomic E-state index is 0.0289. The highest BCUT2D eigenvalue weighted by Crippen LogP contribution is 2.37. The summed E-state index contributed by atoms with van der Waals surface area (Å²) in [6.45, 7) is 9.07. The first-order valence-electron chi connectivity index (χ1n) is 12.4. The maximum atomic E-state index is 13.4. The van der Waals surface area contributed by atoms with Crippen LogP contribution in [0.5, 0.6) is 11.5 Å². The number of carbonyl (C=O) groups is 1. The largest absolute Gasteiger partial charge is 0.490 e. The molecule has 1 aliphatic rings. The molecule has 1 atom stereocenters. The molecule has 3 aromatic rings. The summed E-state index contributed by atoms with van der Waals surface area (Å²) in [4.78, 5) is 20.7. The van der Waals surface area contributed by atoms with E-state index < -0.39 is 0 Å². The van der Waals surface area contributed by atoms with Gasteiger partial charge in [-0.2, -0.15) is 0 Å². The van der Waals surface area contributed by atoms with E-state index in [1.54, 1.807) is 4.90 Å². The molecule has 37 heavy (non-hydrogen) atoms. The lowest BCUT2D eigenvalue weighted by Crippen LogP contribution is -2.36. The third-order valence-corrected chi connectivity index (χ3v) is 7.51. The van der Waals surface area contributed by atoms with E-state index in [0.717, 1.165) is 27.7 Å². The van der Waals surface area contributed by atoms with Gasteiger partial charge in [0.2, 0.25) is 0 Å². The Morgan fingerprint density at radius 3 is 2.41 bits per heavy atom. The van der Waals surface area contributed by atoms with Crippen molar-refractivity contribution in [2.45, 2.75) is 46.8 Å². The normalized spacial score (nSPS) is 16.5. The van der Waals surface area contributed by atoms with Gasteiger partial charge in [0.05, 0.1) is 17.2 Å². The van der Waals surface area contributed by atoms with Crippen LogP contribution in [0.4, 0.5) is 5.69 Å². The van der Waals surface area contributed by atoms with Gasteiger partial charge in [-0.1, -0.05) is 58.7 Å². The molecule has 0 saturated carbocycles. The molecular weight excluding hydrogens is 548 g/mol. The number of halogens is 1. The number of amides is 1. The van der Waals surface area contributed by atoms with Crippen LogP contribution < -0.4 is 9.47 Å². The number of hydrogen-bond acceptors (Lipinski definition) is 5. The van der Waals surface area contributed by atoms with Gasteiger partial charge >= 0.3 is 0 Å². The Morgan fingerprint density at radius 2 is 1.73 bits per heavy atom. The van der Waals surface area contributed by atoms with E-state index in [9.17, 15) is 4.79 Å². The number of ether oxygens (including phenoxy) is 2. The topological polar surface area (TPSA) is 51.1 Å². The molecule has 1 amide bonds. The fourth-order valence-corrected chi connectivity index (χ4v) is 5.11. The molecule has 1 aliphatic heterocycles. The Bertz CT molecular complexity index is 1300. The molecule has 192 valence electrons. The average Bonchev–Trinajstić information content (AvgIpc) is 3.19. The molecule has 5 nitrogen and oxygen atoms in total. The highest BCUT2D eigenvalue weighted by Gasteiger charge is 2.36. The van der Waals surface area contributed by atoms with Crippen molar-refractivity contribution in [3.8, 4) is 11.5 Å². The molecular formula is C30H31BrN2O3S. The SMILES string of the molecule is CCOc1cc(/C=C2/SC(=Nc3ccc(C)cc3)N([C@H](C)CC)C2=O)ccc1OCc1ccc(Br)cc1. The van der Waals surface area contributed by atoms with Crippen molar-refractivity contribution in [2.75, 3.05) is 6.61 Å². The van der Waals surface area contributed by atoms with Gasteiger partial charge in [-0.3, -0.25) is 9.69 Å². The number of benzene rings is 3. The average molecular weight is 580 g/mol. The molecule has 1 heterocycles. The Hall–Kier alpha value is -3.03. The number of carbonyl (C=O) groups excluding carboxylic acids is 1. The second-order valence-electron chi connectivity index (χ2n) is 8.83. The molecule has 0 spiro atoms. The van der Waals surface area contributed by atoms with Crippen LogP contribution in [0.3, 0.4) is 0 Å². The molecule has 7 heteroatoms. The predicted molar refractivity (Wildman–Crippen MR) is 157 cm³/mol. The van der Waals surface area contributed by atoms with Gasteiger partial charge in [0, 0.05) is 10.5 Å². The number of nitrogens with zero attached hydrogens (tertiary/aromatic N) is 2. The van der Waals surface area contributed by atoms with E-state index in [1.807, 2.05) is 86.7 Å². The summed E-state index contributed by atoms with van der Waals surface area (Å²) >= 11 is 4.87. The molecule has 0 bridgehead atoms. The van der Waals surface area contributed by atoms with E-state index in [2.05, 4.69) is 29.8 Å². The number of hydrogen-bond donors (Lipinski definition) is 0. The molecule has 4 rings (SSSR count). The third-order valence-electron chi connectivity index (χ3n) is 6.00. The molecule has 0 aliphatic carbocycles. The van der Waals surface area contributed by atoms with Crippen LogP contribution in [-0.2, 0) is 11.4 Å². The predicted octanol–water partition coefficient (Wildman–Crippen LogP) is 8.14. The number of aryl methyl sites for hydroxylation is 1. The first kappa shape index (κ1) is 27.0. The fraction of sp³-hybridized carbons (Fsp3) is 0.267. The highest BCUT2D eigenvalue weighted by molar-refractivity contribution is 9.10. The van der Waals surface area contributed by atoms with Crippen molar-refractivity contribution in [3.63, 3.8) is 0 Å². The summed E-state index contributed by atoms with van der Waals surface area (Å²) in [5, 5.41) is 0.703. The lowest BCUT2D eigenvalue weighted by Gasteiger charge is -2.22. The van der Waals surface area contributed by atoms with E-state index in [4.69, 9.17) is 14.5 Å². The zero-order valence-corrected chi connectivity index (χ0v) is 23.9. The second-order valence-corrected chi connectivity index (χ2v) is 10.8. The van der Waals surface area contributed by atoms with Crippen LogP contribution in [-0.4, -0.2) is 28.6 Å². The zero-order chi connectivity index (χ0) is 26.4. The molecule has 0 radical (unpaired) electrons. The van der Waals surface area contributed by atoms with Gasteiger partial charge in [0.15, 0.2) is 16.7 Å². The smallest absolute Gasteiger partial charge is 0.266 e. The first-order valence-corrected chi connectivity index (χ1v) is 14.0. The highest BCUT2D eigenvalue weighted by atomic mass is 79.9. The van der Waals surface area contributed by atoms with Crippen LogP contribution >= 0.6 is 27.7 Å². The Kier molecular flexibility index (Phi) is 9.11. The summed E-state index contributed by atoms with van der Waals surface area (Å²) in [6.07, 6.45) is 2.74. The van der Waals surface area contributed by atoms with Crippen molar-refractivity contribution in [2.24, 2.45) is 4.99 Å². The summed E-state index contributed by atoms with van der Waals surface area (Å²) < 4.78 is 13.0. The van der Waals surface area contributed by atoms with Crippen LogP contribution in [0, 0.1) is 6.92 Å². The fourth-order valence-electron chi connectivity index (χ4n) is 3.76. The number of thioether (sulfide) groups is 1. The van der Waals surface area contributed by atoms with Crippen molar-refractivity contribution in [1.29, 1.82) is 0 Å². The summed E-state index contributed by atoms with van der Waals surface area (Å²) in [6, 6.07) is 21.8. The van der Waals surface area contributed by atoms with E-state index in [-0.39, 0.29) is 11.9 Å². The van der Waals surface area contributed by atoms with Gasteiger partial charge in [-0.25, -0.2) is 4.99 Å². The standard InChI is InChI=1S/C30H31BrN2O3S/c1-5-21(4)33-29(34)28(37-30(33)32-25-14-7-20(3)8-15-25)18-23-11-16-26(27(17-23)35-6-2)36-19-22-9-12-24(31)13-10-22/h7-18,21H,5-6,19H2,1-4H3/b28-18+,32-30?/t21-/m1/s1. The van der Waals surface area contributed by atoms with Gasteiger partial charge in [0.1, 0.15) is 6.61 Å². The monoisotopic (exact) mass is 578 g/mol. The molecule has 1 saturated heterocycles. The molecule has 3 aromatic carbocycles. The van der Waals surface area contributed by atoms with E-state index >= 15 is 0 Å². The number of amidine groups is 1. The minimum Gasteiger partial charge on any atom is -0.490 e. The van der Waals surface area contributed by atoms with Crippen molar-refractivity contribution < 1.29 is 14.3 Å². The number of aliphatic imine (C=N–C) groups is 1. The van der Waals surface area contributed by atoms with E-state index in [0.29, 0.717) is 34.8 Å². The molecule has 0 aromatic heterocycles. The van der Waals surface area contributed by atoms with Crippen LogP contribution in [0.2, 0.25) is 0 Å². The van der Waals surface area contributed by atoms with Gasteiger partial charge < -0.3 is 9.47 Å². The zero-order valence-electron chi connectivity index (χ0n) is 21.5. The third kappa shape index (κ3) is 6.84.